The second kappa shape index (κ2) is 6.11. The Hall–Kier alpha value is -0.840. The Balaban J connectivity index is 2.17. The first-order valence-electron chi connectivity index (χ1n) is 6.58. The van der Waals surface area contributed by atoms with Gasteiger partial charge in [-0.1, -0.05) is 44.0 Å². The third-order valence-corrected chi connectivity index (χ3v) is 4.84. The molecule has 0 spiro atoms. The van der Waals surface area contributed by atoms with E-state index >= 15 is 0 Å². The van der Waals surface area contributed by atoms with Crippen LogP contribution in [-0.2, 0) is 5.88 Å². The number of hydrogen-bond donors (Lipinski definition) is 0. The molecule has 0 radical (unpaired) electrons. The van der Waals surface area contributed by atoms with Crippen LogP contribution >= 0.6 is 43.5 Å². The fraction of sp³-hybridized carbons (Fsp3) is 0.188. The maximum Gasteiger partial charge on any atom is 0.125 e. The number of halogens is 3. The van der Waals surface area contributed by atoms with E-state index in [0.717, 1.165) is 25.8 Å². The highest BCUT2D eigenvalue weighted by Gasteiger charge is 2.17. The van der Waals surface area contributed by atoms with Gasteiger partial charge in [-0.2, -0.15) is 0 Å². The van der Waals surface area contributed by atoms with E-state index in [1.165, 1.54) is 5.56 Å². The summed E-state index contributed by atoms with van der Waals surface area (Å²) in [5.74, 6) is 1.29. The van der Waals surface area contributed by atoms with E-state index in [4.69, 9.17) is 11.6 Å². The first kappa shape index (κ1) is 15.1. The Morgan fingerprint density at radius 1 is 1.10 bits per heavy atom. The van der Waals surface area contributed by atoms with Gasteiger partial charge >= 0.3 is 0 Å². The molecule has 0 amide bonds. The normalized spacial score (nSPS) is 12.8. The fourth-order valence-electron chi connectivity index (χ4n) is 2.53. The van der Waals surface area contributed by atoms with Crippen LogP contribution in [0.5, 0.6) is 0 Å². The molecule has 2 aromatic carbocycles. The van der Waals surface area contributed by atoms with Gasteiger partial charge in [-0.15, -0.1) is 11.6 Å². The largest absolute Gasteiger partial charge is 0.320 e. The third kappa shape index (κ3) is 2.89. The molecule has 3 aromatic rings. The molecule has 21 heavy (non-hydrogen) atoms. The lowest BCUT2D eigenvalue weighted by molar-refractivity contribution is 0.634. The summed E-state index contributed by atoms with van der Waals surface area (Å²) in [7, 11) is 0. The van der Waals surface area contributed by atoms with Crippen molar-refractivity contribution in [3.63, 3.8) is 0 Å². The molecule has 1 aromatic heterocycles. The van der Waals surface area contributed by atoms with Gasteiger partial charge in [0.2, 0.25) is 0 Å². The number of hydrogen-bond acceptors (Lipinski definition) is 1. The van der Waals surface area contributed by atoms with E-state index in [2.05, 4.69) is 78.7 Å². The van der Waals surface area contributed by atoms with Gasteiger partial charge in [-0.05, 0) is 42.8 Å². The summed E-state index contributed by atoms with van der Waals surface area (Å²) in [6.07, 6.45) is 0. The minimum atomic E-state index is 0.172. The maximum atomic E-state index is 6.10. The number of fused-ring (bicyclic) bond motifs is 1. The van der Waals surface area contributed by atoms with Gasteiger partial charge in [0, 0.05) is 8.95 Å². The summed E-state index contributed by atoms with van der Waals surface area (Å²) in [4.78, 5) is 4.64. The average molecular weight is 429 g/mol. The molecule has 0 aliphatic carbocycles. The highest BCUT2D eigenvalue weighted by Crippen LogP contribution is 2.29. The molecule has 1 atom stereocenters. The van der Waals surface area contributed by atoms with Gasteiger partial charge in [0.15, 0.2) is 0 Å². The molecular formula is C16H13Br2ClN2. The Morgan fingerprint density at radius 2 is 1.76 bits per heavy atom. The van der Waals surface area contributed by atoms with Gasteiger partial charge < -0.3 is 4.57 Å². The van der Waals surface area contributed by atoms with Gasteiger partial charge in [0.25, 0.3) is 0 Å². The Kier molecular flexibility index (Phi) is 4.38. The van der Waals surface area contributed by atoms with Crippen LogP contribution in [0.2, 0.25) is 0 Å². The molecule has 3 rings (SSSR count). The van der Waals surface area contributed by atoms with Gasteiger partial charge in [-0.3, -0.25) is 0 Å². The predicted octanol–water partition coefficient (Wildman–Crippen LogP) is 5.91. The van der Waals surface area contributed by atoms with Crippen molar-refractivity contribution < 1.29 is 0 Å². The fourth-order valence-corrected chi connectivity index (χ4v) is 3.33. The molecule has 0 bridgehead atoms. The molecule has 0 saturated heterocycles. The predicted molar refractivity (Wildman–Crippen MR) is 94.9 cm³/mol. The van der Waals surface area contributed by atoms with E-state index in [1.807, 2.05) is 12.1 Å². The van der Waals surface area contributed by atoms with Crippen LogP contribution in [0, 0.1) is 0 Å². The van der Waals surface area contributed by atoms with Crippen LogP contribution in [0.15, 0.2) is 51.4 Å². The molecule has 0 N–H and O–H groups in total. The van der Waals surface area contributed by atoms with Crippen LogP contribution in [0.1, 0.15) is 24.4 Å². The van der Waals surface area contributed by atoms with Crippen molar-refractivity contribution >= 4 is 54.5 Å². The lowest BCUT2D eigenvalue weighted by atomic mass is 10.1. The number of aromatic nitrogens is 2. The summed E-state index contributed by atoms with van der Waals surface area (Å²) in [5, 5.41) is 0. The molecule has 0 fully saturated rings. The molecule has 0 aliphatic heterocycles. The van der Waals surface area contributed by atoms with Crippen molar-refractivity contribution in [2.45, 2.75) is 18.8 Å². The smallest absolute Gasteiger partial charge is 0.125 e. The molecule has 0 aliphatic rings. The summed E-state index contributed by atoms with van der Waals surface area (Å²) in [5.41, 5.74) is 3.29. The van der Waals surface area contributed by atoms with Gasteiger partial charge in [-0.25, -0.2) is 4.98 Å². The molecule has 5 heteroatoms. The zero-order valence-electron chi connectivity index (χ0n) is 11.4. The highest BCUT2D eigenvalue weighted by atomic mass is 79.9. The molecular weight excluding hydrogens is 415 g/mol. The van der Waals surface area contributed by atoms with Crippen molar-refractivity contribution in [2.75, 3.05) is 0 Å². The van der Waals surface area contributed by atoms with Crippen LogP contribution in [0.25, 0.3) is 11.0 Å². The van der Waals surface area contributed by atoms with E-state index in [1.54, 1.807) is 0 Å². The Bertz CT molecular complexity index is 781. The van der Waals surface area contributed by atoms with E-state index < -0.39 is 0 Å². The number of imidazole rings is 1. The monoisotopic (exact) mass is 426 g/mol. The molecule has 0 saturated carbocycles. The average Bonchev–Trinajstić information content (AvgIpc) is 2.85. The standard InChI is InChI=1S/C16H13Br2ClN2/c1-10(11-2-4-12(17)5-3-11)21-15-8-13(18)6-7-14(15)20-16(21)9-19/h2-8,10H,9H2,1H3. The third-order valence-electron chi connectivity index (χ3n) is 3.58. The quantitative estimate of drug-likeness (QED) is 0.474. The minimum Gasteiger partial charge on any atom is -0.320 e. The molecule has 2 nitrogen and oxygen atoms in total. The molecule has 108 valence electrons. The van der Waals surface area contributed by atoms with E-state index in [9.17, 15) is 0 Å². The highest BCUT2D eigenvalue weighted by molar-refractivity contribution is 9.10. The first-order valence-corrected chi connectivity index (χ1v) is 8.70. The number of benzene rings is 2. The summed E-state index contributed by atoms with van der Waals surface area (Å²) < 4.78 is 4.32. The zero-order valence-corrected chi connectivity index (χ0v) is 15.3. The topological polar surface area (TPSA) is 17.8 Å². The number of nitrogens with zero attached hydrogens (tertiary/aromatic N) is 2. The first-order chi connectivity index (χ1) is 10.1. The maximum absolute atomic E-state index is 6.10. The SMILES string of the molecule is CC(c1ccc(Br)cc1)n1c(CCl)nc2ccc(Br)cc21. The number of alkyl halides is 1. The van der Waals surface area contributed by atoms with Crippen molar-refractivity contribution in [1.82, 2.24) is 9.55 Å². The van der Waals surface area contributed by atoms with E-state index in [0.29, 0.717) is 5.88 Å². The summed E-state index contributed by atoms with van der Waals surface area (Å²) in [6.45, 7) is 2.17. The van der Waals surface area contributed by atoms with Crippen LogP contribution < -0.4 is 0 Å². The lowest BCUT2D eigenvalue weighted by Gasteiger charge is -2.17. The van der Waals surface area contributed by atoms with Gasteiger partial charge in [0.1, 0.15) is 5.82 Å². The van der Waals surface area contributed by atoms with Crippen molar-refractivity contribution in [3.8, 4) is 0 Å². The molecule has 1 unspecified atom stereocenters. The van der Waals surface area contributed by atoms with Crippen molar-refractivity contribution in [1.29, 1.82) is 0 Å². The zero-order chi connectivity index (χ0) is 15.0. The van der Waals surface area contributed by atoms with Crippen LogP contribution in [0.3, 0.4) is 0 Å². The van der Waals surface area contributed by atoms with Gasteiger partial charge in [0.05, 0.1) is 23.0 Å². The van der Waals surface area contributed by atoms with Crippen molar-refractivity contribution in [3.05, 3.63) is 62.8 Å². The van der Waals surface area contributed by atoms with Crippen LogP contribution in [-0.4, -0.2) is 9.55 Å². The minimum absolute atomic E-state index is 0.172. The second-order valence-corrected chi connectivity index (χ2v) is 6.99. The van der Waals surface area contributed by atoms with Crippen LogP contribution in [0.4, 0.5) is 0 Å². The lowest BCUT2D eigenvalue weighted by Crippen LogP contribution is -2.09. The number of rotatable bonds is 3. The Morgan fingerprint density at radius 3 is 2.43 bits per heavy atom. The summed E-state index contributed by atoms with van der Waals surface area (Å²) in [6, 6.07) is 14.6. The Labute approximate surface area is 145 Å². The summed E-state index contributed by atoms with van der Waals surface area (Å²) >= 11 is 13.1. The second-order valence-electron chi connectivity index (χ2n) is 4.89. The molecule has 1 heterocycles. The van der Waals surface area contributed by atoms with Crippen molar-refractivity contribution in [2.24, 2.45) is 0 Å². The van der Waals surface area contributed by atoms with E-state index in [-0.39, 0.29) is 6.04 Å².